The van der Waals surface area contributed by atoms with E-state index in [9.17, 15) is 4.79 Å². The van der Waals surface area contributed by atoms with Gasteiger partial charge in [0, 0.05) is 18.8 Å². The van der Waals surface area contributed by atoms with Crippen LogP contribution in [0.4, 0.5) is 5.69 Å². The van der Waals surface area contributed by atoms with Gasteiger partial charge in [0.25, 0.3) is 0 Å². The first-order chi connectivity index (χ1) is 12.9. The minimum atomic E-state index is -0.183. The van der Waals surface area contributed by atoms with Crippen LogP contribution in [0.1, 0.15) is 33.3 Å². The van der Waals surface area contributed by atoms with Crippen LogP contribution < -0.4 is 5.32 Å². The molecule has 7 heteroatoms. The van der Waals surface area contributed by atoms with Gasteiger partial charge in [-0.3, -0.25) is 9.69 Å². The van der Waals surface area contributed by atoms with Crippen LogP contribution >= 0.6 is 0 Å². The van der Waals surface area contributed by atoms with E-state index in [1.807, 2.05) is 24.3 Å². The molecular weight excluding hydrogens is 342 g/mol. The first-order valence-corrected chi connectivity index (χ1v) is 9.54. The van der Waals surface area contributed by atoms with Crippen molar-refractivity contribution in [2.75, 3.05) is 18.4 Å². The van der Waals surface area contributed by atoms with E-state index < -0.39 is 0 Å². The normalized spacial score (nSPS) is 22.0. The van der Waals surface area contributed by atoms with Crippen molar-refractivity contribution in [1.82, 2.24) is 19.7 Å². The number of nitrogens with one attached hydrogen (secondary N) is 1. The van der Waals surface area contributed by atoms with Gasteiger partial charge >= 0.3 is 0 Å². The van der Waals surface area contributed by atoms with E-state index >= 15 is 0 Å². The van der Waals surface area contributed by atoms with Gasteiger partial charge in [0.2, 0.25) is 5.91 Å². The van der Waals surface area contributed by atoms with Crippen molar-refractivity contribution in [2.45, 2.75) is 52.5 Å². The second kappa shape index (κ2) is 8.63. The quantitative estimate of drug-likeness (QED) is 0.844. The van der Waals surface area contributed by atoms with Crippen LogP contribution in [0.2, 0.25) is 0 Å². The lowest BCUT2D eigenvalue weighted by Gasteiger charge is -2.41. The smallest absolute Gasteiger partial charge is 0.241 e. The molecule has 7 nitrogen and oxygen atoms in total. The summed E-state index contributed by atoms with van der Waals surface area (Å²) in [6.45, 7) is 10.5. The van der Waals surface area contributed by atoms with Crippen LogP contribution in [-0.2, 0) is 16.1 Å². The van der Waals surface area contributed by atoms with Crippen molar-refractivity contribution in [1.29, 1.82) is 0 Å². The number of morpholine rings is 1. The number of nitrogens with zero attached hydrogens (tertiary/aromatic N) is 4. The first kappa shape index (κ1) is 19.5. The predicted molar refractivity (Wildman–Crippen MR) is 104 cm³/mol. The molecule has 0 bridgehead atoms. The van der Waals surface area contributed by atoms with E-state index in [1.54, 1.807) is 11.0 Å². The predicted octanol–water partition coefficient (Wildman–Crippen LogP) is 2.40. The topological polar surface area (TPSA) is 72.3 Å². The Hall–Kier alpha value is -2.25. The van der Waals surface area contributed by atoms with E-state index in [0.717, 1.165) is 24.3 Å². The maximum absolute atomic E-state index is 13.1. The SMILES string of the molecule is CC(C)[C@H](C(=O)Nc1cccc(Cn2cncn2)c1)N1C[C@@H](C)O[C@@H](C)C1. The third kappa shape index (κ3) is 5.14. The molecule has 0 aliphatic carbocycles. The highest BCUT2D eigenvalue weighted by Crippen LogP contribution is 2.21. The van der Waals surface area contributed by atoms with Gasteiger partial charge < -0.3 is 10.1 Å². The highest BCUT2D eigenvalue weighted by atomic mass is 16.5. The Morgan fingerprint density at radius 2 is 2.04 bits per heavy atom. The Morgan fingerprint density at radius 1 is 1.30 bits per heavy atom. The Labute approximate surface area is 160 Å². The number of rotatable bonds is 6. The molecule has 3 rings (SSSR count). The van der Waals surface area contributed by atoms with Crippen molar-refractivity contribution in [2.24, 2.45) is 5.92 Å². The summed E-state index contributed by atoms with van der Waals surface area (Å²) in [5.74, 6) is 0.241. The fourth-order valence-electron chi connectivity index (χ4n) is 3.80. The van der Waals surface area contributed by atoms with Crippen LogP contribution in [0.15, 0.2) is 36.9 Å². The molecule has 0 radical (unpaired) electrons. The standard InChI is InChI=1S/C20H29N5O2/c1-14(2)19(24-9-15(3)27-16(4)10-24)20(26)23-18-7-5-6-17(8-18)11-25-13-21-12-22-25/h5-8,12-16,19H,9-11H2,1-4H3,(H,23,26)/t15-,16+,19-/m1/s1. The molecule has 1 aliphatic heterocycles. The number of hydrogen-bond acceptors (Lipinski definition) is 5. The lowest BCUT2D eigenvalue weighted by atomic mass is 9.99. The fourth-order valence-corrected chi connectivity index (χ4v) is 3.80. The lowest BCUT2D eigenvalue weighted by molar-refractivity contribution is -0.130. The van der Waals surface area contributed by atoms with Crippen molar-refractivity contribution in [3.05, 3.63) is 42.5 Å². The number of benzene rings is 1. The van der Waals surface area contributed by atoms with Gasteiger partial charge in [-0.15, -0.1) is 0 Å². The van der Waals surface area contributed by atoms with Crippen LogP contribution in [-0.4, -0.2) is 56.9 Å². The van der Waals surface area contributed by atoms with Gasteiger partial charge in [-0.25, -0.2) is 9.67 Å². The summed E-state index contributed by atoms with van der Waals surface area (Å²) >= 11 is 0. The van der Waals surface area contributed by atoms with E-state index in [4.69, 9.17) is 4.74 Å². The second-order valence-electron chi connectivity index (χ2n) is 7.68. The molecule has 27 heavy (non-hydrogen) atoms. The summed E-state index contributed by atoms with van der Waals surface area (Å²) in [6.07, 6.45) is 3.46. The zero-order valence-electron chi connectivity index (χ0n) is 16.5. The van der Waals surface area contributed by atoms with Crippen molar-refractivity contribution in [3.8, 4) is 0 Å². The third-order valence-electron chi connectivity index (χ3n) is 4.75. The van der Waals surface area contributed by atoms with Crippen LogP contribution in [0, 0.1) is 5.92 Å². The number of hydrogen-bond donors (Lipinski definition) is 1. The molecule has 1 amide bonds. The Balaban J connectivity index is 1.70. The summed E-state index contributed by atoms with van der Waals surface area (Å²) in [5, 5.41) is 7.23. The van der Waals surface area contributed by atoms with Gasteiger partial charge in [0.05, 0.1) is 24.8 Å². The van der Waals surface area contributed by atoms with Crippen LogP contribution in [0.5, 0.6) is 0 Å². The molecule has 1 N–H and O–H groups in total. The van der Waals surface area contributed by atoms with Crippen molar-refractivity contribution >= 4 is 11.6 Å². The van der Waals surface area contributed by atoms with E-state index in [1.165, 1.54) is 6.33 Å². The minimum Gasteiger partial charge on any atom is -0.373 e. The molecule has 1 aromatic heterocycles. The molecule has 2 heterocycles. The molecule has 146 valence electrons. The van der Waals surface area contributed by atoms with Crippen molar-refractivity contribution in [3.63, 3.8) is 0 Å². The van der Waals surface area contributed by atoms with Gasteiger partial charge in [0.1, 0.15) is 12.7 Å². The van der Waals surface area contributed by atoms with E-state index in [2.05, 4.69) is 48.0 Å². The minimum absolute atomic E-state index is 0.0317. The summed E-state index contributed by atoms with van der Waals surface area (Å²) in [7, 11) is 0. The number of amides is 1. The molecule has 1 saturated heterocycles. The van der Waals surface area contributed by atoms with Gasteiger partial charge in [-0.2, -0.15) is 5.10 Å². The second-order valence-corrected chi connectivity index (χ2v) is 7.68. The zero-order valence-corrected chi connectivity index (χ0v) is 16.5. The summed E-state index contributed by atoms with van der Waals surface area (Å²) in [6, 6.07) is 7.69. The van der Waals surface area contributed by atoms with Gasteiger partial charge in [0.15, 0.2) is 0 Å². The maximum atomic E-state index is 13.1. The van der Waals surface area contributed by atoms with Gasteiger partial charge in [-0.1, -0.05) is 26.0 Å². The summed E-state index contributed by atoms with van der Waals surface area (Å²) in [4.78, 5) is 19.3. The largest absolute Gasteiger partial charge is 0.373 e. The van der Waals surface area contributed by atoms with E-state index in [-0.39, 0.29) is 30.1 Å². The average molecular weight is 371 g/mol. The van der Waals surface area contributed by atoms with Crippen LogP contribution in [0.25, 0.3) is 0 Å². The Bertz CT molecular complexity index is 737. The number of carbonyl (C=O) groups excluding carboxylic acids is 1. The molecule has 1 aliphatic rings. The van der Waals surface area contributed by atoms with E-state index in [0.29, 0.717) is 6.54 Å². The molecule has 1 fully saturated rings. The molecule has 0 saturated carbocycles. The monoisotopic (exact) mass is 371 g/mol. The van der Waals surface area contributed by atoms with Crippen LogP contribution in [0.3, 0.4) is 0 Å². The number of ether oxygens (including phenoxy) is 1. The highest BCUT2D eigenvalue weighted by molar-refractivity contribution is 5.95. The molecule has 3 atom stereocenters. The lowest BCUT2D eigenvalue weighted by Crippen LogP contribution is -2.55. The zero-order chi connectivity index (χ0) is 19.4. The Kier molecular flexibility index (Phi) is 6.23. The molecule has 2 aromatic rings. The van der Waals surface area contributed by atoms with Crippen molar-refractivity contribution < 1.29 is 9.53 Å². The average Bonchev–Trinajstić information content (AvgIpc) is 3.07. The number of carbonyl (C=O) groups is 1. The molecule has 0 spiro atoms. The number of anilines is 1. The Morgan fingerprint density at radius 3 is 2.67 bits per heavy atom. The number of aromatic nitrogens is 3. The summed E-state index contributed by atoms with van der Waals surface area (Å²) < 4.78 is 7.58. The first-order valence-electron chi connectivity index (χ1n) is 9.54. The fraction of sp³-hybridized carbons (Fsp3) is 0.550. The highest BCUT2D eigenvalue weighted by Gasteiger charge is 2.34. The molecular formula is C20H29N5O2. The maximum Gasteiger partial charge on any atom is 0.241 e. The summed E-state index contributed by atoms with van der Waals surface area (Å²) in [5.41, 5.74) is 1.87. The molecule has 0 unspecified atom stereocenters. The third-order valence-corrected chi connectivity index (χ3v) is 4.75. The molecule has 1 aromatic carbocycles. The van der Waals surface area contributed by atoms with Gasteiger partial charge in [-0.05, 0) is 37.5 Å².